The van der Waals surface area contributed by atoms with E-state index in [1.54, 1.807) is 4.52 Å². The van der Waals surface area contributed by atoms with E-state index in [1.165, 1.54) is 0 Å². The highest BCUT2D eigenvalue weighted by atomic mass is 35.5. The molecule has 0 radical (unpaired) electrons. The lowest BCUT2D eigenvalue weighted by Gasteiger charge is -1.98. The van der Waals surface area contributed by atoms with Crippen LogP contribution in [-0.2, 0) is 0 Å². The quantitative estimate of drug-likeness (QED) is 0.725. The molecule has 0 aliphatic heterocycles. The van der Waals surface area contributed by atoms with E-state index in [0.29, 0.717) is 5.82 Å². The molecule has 2 N–H and O–H groups in total. The Balaban J connectivity index is 2.27. The minimum absolute atomic E-state index is 0.635. The molecule has 0 aliphatic carbocycles. The van der Waals surface area contributed by atoms with Crippen molar-refractivity contribution in [2.45, 2.75) is 6.92 Å². The van der Waals surface area contributed by atoms with Gasteiger partial charge in [-0.2, -0.15) is 5.10 Å². The Morgan fingerprint density at radius 3 is 2.50 bits per heavy atom. The summed E-state index contributed by atoms with van der Waals surface area (Å²) in [5, 5.41) is 5.28. The van der Waals surface area contributed by atoms with Crippen molar-refractivity contribution in [3.05, 3.63) is 53.1 Å². The van der Waals surface area contributed by atoms with Gasteiger partial charge in [-0.15, -0.1) is 0 Å². The average Bonchev–Trinajstić information content (AvgIpc) is 2.70. The van der Waals surface area contributed by atoms with Crippen molar-refractivity contribution in [2.75, 3.05) is 5.73 Å². The molecule has 0 spiro atoms. The third kappa shape index (κ3) is 1.64. The zero-order chi connectivity index (χ0) is 12.7. The van der Waals surface area contributed by atoms with Crippen molar-refractivity contribution in [2.24, 2.45) is 0 Å². The summed E-state index contributed by atoms with van der Waals surface area (Å²) < 4.78 is 1.76. The second kappa shape index (κ2) is 4.03. The highest BCUT2D eigenvalue weighted by molar-refractivity contribution is 6.30. The monoisotopic (exact) mass is 257 g/mol. The van der Waals surface area contributed by atoms with Crippen LogP contribution in [0.4, 0.5) is 5.82 Å². The second-order valence-electron chi connectivity index (χ2n) is 4.23. The number of anilines is 1. The second-order valence-corrected chi connectivity index (χ2v) is 4.66. The van der Waals surface area contributed by atoms with Gasteiger partial charge in [0.1, 0.15) is 5.82 Å². The zero-order valence-electron chi connectivity index (χ0n) is 9.89. The molecule has 0 amide bonds. The van der Waals surface area contributed by atoms with Crippen LogP contribution in [0.25, 0.3) is 16.8 Å². The lowest BCUT2D eigenvalue weighted by atomic mass is 10.1. The predicted octanol–water partition coefficient (Wildman–Crippen LogP) is 3.55. The van der Waals surface area contributed by atoms with Gasteiger partial charge in [0.05, 0.1) is 11.2 Å². The van der Waals surface area contributed by atoms with E-state index in [2.05, 4.69) is 5.10 Å². The topological polar surface area (TPSA) is 43.3 Å². The van der Waals surface area contributed by atoms with Crippen LogP contribution >= 0.6 is 11.6 Å². The molecule has 2 heterocycles. The van der Waals surface area contributed by atoms with Gasteiger partial charge in [-0.1, -0.05) is 29.8 Å². The normalized spacial score (nSPS) is 11.0. The number of halogens is 1. The Morgan fingerprint density at radius 1 is 1.11 bits per heavy atom. The van der Waals surface area contributed by atoms with Crippen molar-refractivity contribution < 1.29 is 0 Å². The van der Waals surface area contributed by atoms with Gasteiger partial charge in [-0.3, -0.25) is 0 Å². The maximum Gasteiger partial charge on any atom is 0.125 e. The van der Waals surface area contributed by atoms with E-state index < -0.39 is 0 Å². The number of nitrogen functional groups attached to an aromatic ring is 1. The smallest absolute Gasteiger partial charge is 0.125 e. The van der Waals surface area contributed by atoms with Gasteiger partial charge in [0.15, 0.2) is 0 Å². The molecule has 18 heavy (non-hydrogen) atoms. The lowest BCUT2D eigenvalue weighted by molar-refractivity contribution is 0.978. The number of nitrogens with zero attached hydrogens (tertiary/aromatic N) is 2. The summed E-state index contributed by atoms with van der Waals surface area (Å²) >= 11 is 5.90. The van der Waals surface area contributed by atoms with Crippen LogP contribution in [0, 0.1) is 6.92 Å². The van der Waals surface area contributed by atoms with Crippen LogP contribution in [0.2, 0.25) is 5.02 Å². The molecule has 3 aromatic rings. The van der Waals surface area contributed by atoms with Gasteiger partial charge in [-0.05, 0) is 31.2 Å². The first-order valence-corrected chi connectivity index (χ1v) is 6.04. The molecule has 0 unspecified atom stereocenters. The third-order valence-corrected chi connectivity index (χ3v) is 3.30. The number of nitrogens with two attached hydrogens (primary N) is 1. The number of hydrogen-bond donors (Lipinski definition) is 1. The van der Waals surface area contributed by atoms with Crippen molar-refractivity contribution in [1.82, 2.24) is 9.61 Å². The SMILES string of the molecule is Cc1c(-c2ccc(Cl)cc2)nn2c(N)cccc12. The lowest BCUT2D eigenvalue weighted by Crippen LogP contribution is -1.97. The fourth-order valence-corrected chi connectivity index (χ4v) is 2.22. The molecule has 0 atom stereocenters. The number of fused-ring (bicyclic) bond motifs is 1. The largest absolute Gasteiger partial charge is 0.384 e. The van der Waals surface area contributed by atoms with Crippen LogP contribution < -0.4 is 5.73 Å². The zero-order valence-corrected chi connectivity index (χ0v) is 10.6. The summed E-state index contributed by atoms with van der Waals surface area (Å²) in [6, 6.07) is 13.4. The predicted molar refractivity (Wildman–Crippen MR) is 74.8 cm³/mol. The summed E-state index contributed by atoms with van der Waals surface area (Å²) in [4.78, 5) is 0. The molecule has 3 rings (SSSR count). The van der Waals surface area contributed by atoms with Crippen molar-refractivity contribution >= 4 is 22.9 Å². The van der Waals surface area contributed by atoms with E-state index >= 15 is 0 Å². The number of pyridine rings is 1. The Hall–Kier alpha value is -2.00. The van der Waals surface area contributed by atoms with Crippen LogP contribution in [-0.4, -0.2) is 9.61 Å². The maximum atomic E-state index is 5.92. The summed E-state index contributed by atoms with van der Waals surface area (Å²) in [6.45, 7) is 2.05. The third-order valence-electron chi connectivity index (χ3n) is 3.05. The number of rotatable bonds is 1. The van der Waals surface area contributed by atoms with Gasteiger partial charge in [0, 0.05) is 16.1 Å². The van der Waals surface area contributed by atoms with E-state index in [1.807, 2.05) is 49.4 Å². The first kappa shape index (κ1) is 11.1. The minimum atomic E-state index is 0.635. The number of benzene rings is 1. The average molecular weight is 258 g/mol. The fourth-order valence-electron chi connectivity index (χ4n) is 2.09. The van der Waals surface area contributed by atoms with Crippen molar-refractivity contribution in [3.63, 3.8) is 0 Å². The van der Waals surface area contributed by atoms with Gasteiger partial charge in [0.2, 0.25) is 0 Å². The molecular weight excluding hydrogens is 246 g/mol. The molecule has 3 nitrogen and oxygen atoms in total. The molecule has 0 fully saturated rings. The summed E-state index contributed by atoms with van der Waals surface area (Å²) in [6.07, 6.45) is 0. The standard InChI is InChI=1S/C14H12ClN3/c1-9-12-3-2-4-13(16)18(12)17-14(9)10-5-7-11(15)8-6-10/h2-8H,16H2,1H3. The Labute approximate surface area is 110 Å². The van der Waals surface area contributed by atoms with E-state index in [0.717, 1.165) is 27.4 Å². The minimum Gasteiger partial charge on any atom is -0.384 e. The fraction of sp³-hybridized carbons (Fsp3) is 0.0714. The molecule has 0 bridgehead atoms. The number of aryl methyl sites for hydroxylation is 1. The molecule has 1 aromatic carbocycles. The highest BCUT2D eigenvalue weighted by Gasteiger charge is 2.11. The molecule has 90 valence electrons. The van der Waals surface area contributed by atoms with E-state index in [9.17, 15) is 0 Å². The van der Waals surface area contributed by atoms with Crippen LogP contribution in [0.3, 0.4) is 0 Å². The first-order chi connectivity index (χ1) is 8.66. The van der Waals surface area contributed by atoms with Gasteiger partial charge < -0.3 is 5.73 Å². The molecule has 0 aliphatic rings. The molecular formula is C14H12ClN3. The maximum absolute atomic E-state index is 5.92. The van der Waals surface area contributed by atoms with Crippen molar-refractivity contribution in [1.29, 1.82) is 0 Å². The molecule has 4 heteroatoms. The van der Waals surface area contributed by atoms with Crippen molar-refractivity contribution in [3.8, 4) is 11.3 Å². The van der Waals surface area contributed by atoms with Gasteiger partial charge >= 0.3 is 0 Å². The van der Waals surface area contributed by atoms with E-state index in [-0.39, 0.29) is 0 Å². The summed E-state index contributed by atoms with van der Waals surface area (Å²) in [5.41, 5.74) is 10.0. The van der Waals surface area contributed by atoms with Crippen LogP contribution in [0.15, 0.2) is 42.5 Å². The summed E-state index contributed by atoms with van der Waals surface area (Å²) in [5.74, 6) is 0.635. The summed E-state index contributed by atoms with van der Waals surface area (Å²) in [7, 11) is 0. The highest BCUT2D eigenvalue weighted by Crippen LogP contribution is 2.27. The van der Waals surface area contributed by atoms with Gasteiger partial charge in [0.25, 0.3) is 0 Å². The van der Waals surface area contributed by atoms with Gasteiger partial charge in [-0.25, -0.2) is 4.52 Å². The molecule has 0 saturated carbocycles. The number of aromatic nitrogens is 2. The first-order valence-electron chi connectivity index (χ1n) is 5.66. The Kier molecular flexibility index (Phi) is 2.49. The Bertz CT molecular complexity index is 714. The molecule has 0 saturated heterocycles. The number of hydrogen-bond acceptors (Lipinski definition) is 2. The Morgan fingerprint density at radius 2 is 1.83 bits per heavy atom. The van der Waals surface area contributed by atoms with Crippen LogP contribution in [0.5, 0.6) is 0 Å². The van der Waals surface area contributed by atoms with E-state index in [4.69, 9.17) is 17.3 Å². The molecule has 2 aromatic heterocycles. The van der Waals surface area contributed by atoms with Crippen LogP contribution in [0.1, 0.15) is 5.56 Å².